The standard InChI is InChI=1S/C10H17O6P/c1-16-10(15)4-7-17(5-2-8(11)12)6-3-9(13)14/h2-7H2,1H3,(H,11,12)(H,13,14). The van der Waals surface area contributed by atoms with E-state index in [1.807, 2.05) is 0 Å². The number of hydrogen-bond acceptors (Lipinski definition) is 4. The molecule has 0 aromatic heterocycles. The van der Waals surface area contributed by atoms with Crippen LogP contribution in [0.4, 0.5) is 0 Å². The van der Waals surface area contributed by atoms with Crippen LogP contribution in [0.2, 0.25) is 0 Å². The van der Waals surface area contributed by atoms with E-state index in [-0.39, 0.29) is 25.2 Å². The van der Waals surface area contributed by atoms with Crippen molar-refractivity contribution >= 4 is 25.8 Å². The summed E-state index contributed by atoms with van der Waals surface area (Å²) < 4.78 is 4.49. The predicted molar refractivity (Wildman–Crippen MR) is 62.7 cm³/mol. The quantitative estimate of drug-likeness (QED) is 0.475. The molecule has 2 N–H and O–H groups in total. The summed E-state index contributed by atoms with van der Waals surface area (Å²) in [5.74, 6) is -2.14. The Hall–Kier alpha value is -1.16. The monoisotopic (exact) mass is 264 g/mol. The van der Waals surface area contributed by atoms with Gasteiger partial charge in [-0.1, -0.05) is 0 Å². The first-order valence-corrected chi connectivity index (χ1v) is 7.08. The minimum atomic E-state index is -0.897. The Morgan fingerprint density at radius 2 is 1.35 bits per heavy atom. The van der Waals surface area contributed by atoms with Gasteiger partial charge in [0.2, 0.25) is 0 Å². The molecule has 0 aliphatic carbocycles. The molecule has 0 aliphatic heterocycles. The average molecular weight is 264 g/mol. The van der Waals surface area contributed by atoms with Gasteiger partial charge in [0, 0.05) is 19.3 Å². The van der Waals surface area contributed by atoms with Crippen molar-refractivity contribution in [2.45, 2.75) is 19.3 Å². The van der Waals surface area contributed by atoms with Crippen molar-refractivity contribution in [3.05, 3.63) is 0 Å². The molecule has 6 nitrogen and oxygen atoms in total. The summed E-state index contributed by atoms with van der Waals surface area (Å²) in [4.78, 5) is 31.8. The number of esters is 1. The third kappa shape index (κ3) is 9.75. The van der Waals surface area contributed by atoms with Crippen molar-refractivity contribution in [3.63, 3.8) is 0 Å². The first-order valence-electron chi connectivity index (χ1n) is 5.18. The number of aliphatic carboxylic acids is 2. The molecule has 0 radical (unpaired) electrons. The van der Waals surface area contributed by atoms with Gasteiger partial charge in [-0.15, -0.1) is 7.92 Å². The van der Waals surface area contributed by atoms with Crippen molar-refractivity contribution in [2.75, 3.05) is 25.6 Å². The summed E-state index contributed by atoms with van der Waals surface area (Å²) in [6.07, 6.45) is 1.70. The summed E-state index contributed by atoms with van der Waals surface area (Å²) in [5.41, 5.74) is 0. The Kier molecular flexibility index (Phi) is 8.32. The highest BCUT2D eigenvalue weighted by atomic mass is 31.1. The maximum Gasteiger partial charge on any atom is 0.305 e. The molecule has 0 spiro atoms. The zero-order chi connectivity index (χ0) is 13.3. The molecule has 0 aromatic rings. The van der Waals surface area contributed by atoms with Crippen LogP contribution in [0.25, 0.3) is 0 Å². The first kappa shape index (κ1) is 15.8. The summed E-state index contributed by atoms with van der Waals surface area (Å²) in [6, 6.07) is 0. The molecule has 0 rings (SSSR count). The highest BCUT2D eigenvalue weighted by Crippen LogP contribution is 2.37. The lowest BCUT2D eigenvalue weighted by Gasteiger charge is -2.14. The number of rotatable bonds is 9. The maximum atomic E-state index is 10.9. The van der Waals surface area contributed by atoms with Gasteiger partial charge in [-0.3, -0.25) is 14.4 Å². The van der Waals surface area contributed by atoms with Gasteiger partial charge in [0.1, 0.15) is 0 Å². The molecule has 0 saturated carbocycles. The highest BCUT2D eigenvalue weighted by Gasteiger charge is 2.14. The molecule has 0 aromatic carbocycles. The van der Waals surface area contributed by atoms with Crippen LogP contribution < -0.4 is 0 Å². The van der Waals surface area contributed by atoms with Gasteiger partial charge in [-0.25, -0.2) is 0 Å². The van der Waals surface area contributed by atoms with Gasteiger partial charge in [0.25, 0.3) is 0 Å². The SMILES string of the molecule is COC(=O)CCP(CCC(=O)O)CCC(=O)O. The number of methoxy groups -OCH3 is 1. The van der Waals surface area contributed by atoms with Crippen molar-refractivity contribution in [1.82, 2.24) is 0 Å². The molecule has 0 fully saturated rings. The largest absolute Gasteiger partial charge is 0.481 e. The third-order valence-corrected chi connectivity index (χ3v) is 4.71. The summed E-state index contributed by atoms with van der Waals surface area (Å²) in [7, 11) is 0.564. The van der Waals surface area contributed by atoms with Crippen molar-refractivity contribution in [3.8, 4) is 0 Å². The van der Waals surface area contributed by atoms with Crippen molar-refractivity contribution < 1.29 is 29.3 Å². The van der Waals surface area contributed by atoms with E-state index in [0.717, 1.165) is 0 Å². The summed E-state index contributed by atoms with van der Waals surface area (Å²) in [5, 5.41) is 17.1. The topological polar surface area (TPSA) is 101 Å². The molecule has 0 heterocycles. The lowest BCUT2D eigenvalue weighted by molar-refractivity contribution is -0.140. The molecule has 0 amide bonds. The molecule has 0 atom stereocenters. The molecule has 17 heavy (non-hydrogen) atoms. The van der Waals surface area contributed by atoms with Crippen LogP contribution in [-0.2, 0) is 19.1 Å². The van der Waals surface area contributed by atoms with E-state index in [1.165, 1.54) is 7.11 Å². The minimum Gasteiger partial charge on any atom is -0.481 e. The van der Waals surface area contributed by atoms with Crippen LogP contribution in [0.5, 0.6) is 0 Å². The molecule has 0 bridgehead atoms. The van der Waals surface area contributed by atoms with Crippen molar-refractivity contribution in [1.29, 1.82) is 0 Å². The van der Waals surface area contributed by atoms with E-state index in [1.54, 1.807) is 0 Å². The van der Waals surface area contributed by atoms with Crippen molar-refractivity contribution in [2.24, 2.45) is 0 Å². The van der Waals surface area contributed by atoms with E-state index in [2.05, 4.69) is 4.74 Å². The number of ether oxygens (including phenoxy) is 1. The second kappa shape index (κ2) is 8.93. The molecule has 0 unspecified atom stereocenters. The second-order valence-electron chi connectivity index (χ2n) is 3.46. The fourth-order valence-electron chi connectivity index (χ4n) is 1.19. The smallest absolute Gasteiger partial charge is 0.305 e. The molecule has 98 valence electrons. The van der Waals surface area contributed by atoms with E-state index in [9.17, 15) is 14.4 Å². The number of carboxylic acid groups (broad SMARTS) is 2. The highest BCUT2D eigenvalue weighted by molar-refractivity contribution is 7.57. The van der Waals surface area contributed by atoms with Crippen LogP contribution >= 0.6 is 7.92 Å². The van der Waals surface area contributed by atoms with E-state index >= 15 is 0 Å². The Bertz CT molecular complexity index is 260. The fourth-order valence-corrected chi connectivity index (χ4v) is 3.38. The Balaban J connectivity index is 4.04. The predicted octanol–water partition coefficient (Wildman–Crippen LogP) is 0.981. The zero-order valence-corrected chi connectivity index (χ0v) is 10.6. The second-order valence-corrected chi connectivity index (χ2v) is 6.14. The normalized spacial score (nSPS) is 10.2. The van der Waals surface area contributed by atoms with Gasteiger partial charge in [-0.2, -0.15) is 0 Å². The van der Waals surface area contributed by atoms with Crippen LogP contribution in [0, 0.1) is 0 Å². The number of carboxylic acids is 2. The lowest BCUT2D eigenvalue weighted by Crippen LogP contribution is -2.08. The van der Waals surface area contributed by atoms with Gasteiger partial charge in [-0.05, 0) is 18.5 Å². The summed E-state index contributed by atoms with van der Waals surface area (Å²) in [6.45, 7) is 0. The third-order valence-electron chi connectivity index (χ3n) is 2.14. The maximum absolute atomic E-state index is 10.9. The van der Waals surface area contributed by atoms with Crippen LogP contribution in [0.15, 0.2) is 0 Å². The van der Waals surface area contributed by atoms with E-state index in [4.69, 9.17) is 10.2 Å². The van der Waals surface area contributed by atoms with Crippen LogP contribution in [-0.4, -0.2) is 53.7 Å². The Morgan fingerprint density at radius 1 is 0.941 bits per heavy atom. The average Bonchev–Trinajstić information content (AvgIpc) is 2.26. The Labute approximate surface area is 101 Å². The molecule has 7 heteroatoms. The van der Waals surface area contributed by atoms with Gasteiger partial charge >= 0.3 is 17.9 Å². The fraction of sp³-hybridized carbons (Fsp3) is 0.700. The lowest BCUT2D eigenvalue weighted by atomic mass is 10.5. The molecular formula is C10H17O6P. The van der Waals surface area contributed by atoms with Crippen LogP contribution in [0.3, 0.4) is 0 Å². The number of hydrogen-bond donors (Lipinski definition) is 2. The molecule has 0 aliphatic rings. The summed E-state index contributed by atoms with van der Waals surface area (Å²) >= 11 is 0. The van der Waals surface area contributed by atoms with E-state index in [0.29, 0.717) is 18.5 Å². The van der Waals surface area contributed by atoms with Gasteiger partial charge < -0.3 is 14.9 Å². The minimum absolute atomic E-state index is 0.0203. The molecule has 0 saturated heterocycles. The number of carbonyl (C=O) groups is 3. The Morgan fingerprint density at radius 3 is 1.71 bits per heavy atom. The first-order chi connectivity index (χ1) is 7.95. The van der Waals surface area contributed by atoms with Gasteiger partial charge in [0.15, 0.2) is 0 Å². The van der Waals surface area contributed by atoms with Gasteiger partial charge in [0.05, 0.1) is 7.11 Å². The van der Waals surface area contributed by atoms with Crippen LogP contribution in [0.1, 0.15) is 19.3 Å². The molecular weight excluding hydrogens is 247 g/mol. The zero-order valence-electron chi connectivity index (χ0n) is 9.72. The number of carbonyl (C=O) groups excluding carboxylic acids is 1. The van der Waals surface area contributed by atoms with E-state index < -0.39 is 19.9 Å².